The second-order valence-corrected chi connectivity index (χ2v) is 5.48. The third-order valence-corrected chi connectivity index (χ3v) is 4.42. The second-order valence-electron chi connectivity index (χ2n) is 3.75. The summed E-state index contributed by atoms with van der Waals surface area (Å²) in [6, 6.07) is 3.80. The number of anilines is 1. The van der Waals surface area contributed by atoms with E-state index in [1.807, 2.05) is 19.1 Å². The number of rotatable bonds is 3. The van der Waals surface area contributed by atoms with Crippen LogP contribution in [0, 0.1) is 0 Å². The number of carbonyl (C=O) groups is 1. The fourth-order valence-electron chi connectivity index (χ4n) is 1.47. The Morgan fingerprint density at radius 2 is 2.32 bits per heavy atom. The number of hydrogen-bond donors (Lipinski definition) is 0. The first-order valence-corrected chi connectivity index (χ1v) is 7.21. The van der Waals surface area contributed by atoms with E-state index in [1.165, 1.54) is 17.4 Å². The van der Waals surface area contributed by atoms with Gasteiger partial charge in [-0.1, -0.05) is 17.4 Å². The number of likely N-dealkylation sites (N-methyl/N-ethyl adjacent to an activating group) is 1. The van der Waals surface area contributed by atoms with Crippen molar-refractivity contribution in [3.63, 3.8) is 0 Å². The maximum Gasteiger partial charge on any atom is 0.251 e. The first-order chi connectivity index (χ1) is 9.13. The molecule has 0 fully saturated rings. The molecule has 0 unspecified atom stereocenters. The molecule has 6 heteroatoms. The summed E-state index contributed by atoms with van der Waals surface area (Å²) >= 11 is 4.84. The molecule has 0 saturated carbocycles. The topological polar surface area (TPSA) is 46.1 Å². The number of pyridine rings is 1. The van der Waals surface area contributed by atoms with Crippen molar-refractivity contribution < 1.29 is 4.79 Å². The Balaban J connectivity index is 2.34. The number of amides is 1. The highest BCUT2D eigenvalue weighted by molar-refractivity contribution is 9.10. The Morgan fingerprint density at radius 1 is 1.53 bits per heavy atom. The standard InChI is InChI=1S/C13H12BrN3OS/c1-3-5-10(18)17(2)13-11(14)16-12(19-13)9-6-4-7-15-8-9/h3-8H,1-2H3. The summed E-state index contributed by atoms with van der Waals surface area (Å²) in [5, 5.41) is 1.61. The minimum atomic E-state index is -0.0791. The number of carbonyl (C=O) groups excluding carboxylic acids is 1. The molecule has 0 aliphatic carbocycles. The molecule has 0 aromatic carbocycles. The quantitative estimate of drug-likeness (QED) is 0.805. The fourth-order valence-corrected chi connectivity index (χ4v) is 3.19. The molecule has 1 amide bonds. The average molecular weight is 338 g/mol. The lowest BCUT2D eigenvalue weighted by Crippen LogP contribution is -2.23. The van der Waals surface area contributed by atoms with Crippen LogP contribution < -0.4 is 4.90 Å². The van der Waals surface area contributed by atoms with Gasteiger partial charge in [0.15, 0.2) is 0 Å². The van der Waals surface area contributed by atoms with E-state index in [1.54, 1.807) is 30.4 Å². The highest BCUT2D eigenvalue weighted by Crippen LogP contribution is 2.37. The van der Waals surface area contributed by atoms with Gasteiger partial charge in [0, 0.05) is 25.0 Å². The van der Waals surface area contributed by atoms with E-state index in [9.17, 15) is 4.79 Å². The summed E-state index contributed by atoms with van der Waals surface area (Å²) in [5.41, 5.74) is 0.936. The number of nitrogens with zero attached hydrogens (tertiary/aromatic N) is 3. The smallest absolute Gasteiger partial charge is 0.251 e. The molecular formula is C13H12BrN3OS. The van der Waals surface area contributed by atoms with E-state index >= 15 is 0 Å². The SMILES string of the molecule is CC=CC(=O)N(C)c1sc(-c2cccnc2)nc1Br. The van der Waals surface area contributed by atoms with Gasteiger partial charge >= 0.3 is 0 Å². The summed E-state index contributed by atoms with van der Waals surface area (Å²) < 4.78 is 0.664. The number of aromatic nitrogens is 2. The normalized spacial score (nSPS) is 10.9. The highest BCUT2D eigenvalue weighted by Gasteiger charge is 2.17. The van der Waals surface area contributed by atoms with Crippen molar-refractivity contribution >= 4 is 38.2 Å². The van der Waals surface area contributed by atoms with Gasteiger partial charge in [-0.25, -0.2) is 4.98 Å². The van der Waals surface area contributed by atoms with Crippen LogP contribution in [0.3, 0.4) is 0 Å². The molecule has 2 aromatic rings. The van der Waals surface area contributed by atoms with Gasteiger partial charge in [0.05, 0.1) is 0 Å². The zero-order chi connectivity index (χ0) is 13.8. The Kier molecular flexibility index (Phi) is 4.44. The van der Waals surface area contributed by atoms with E-state index in [2.05, 4.69) is 25.9 Å². The predicted octanol–water partition coefficient (Wildman–Crippen LogP) is 3.51. The third-order valence-electron chi connectivity index (χ3n) is 2.42. The zero-order valence-corrected chi connectivity index (χ0v) is 12.9. The molecule has 0 atom stereocenters. The molecule has 0 aliphatic rings. The van der Waals surface area contributed by atoms with Crippen LogP contribution >= 0.6 is 27.3 Å². The monoisotopic (exact) mass is 337 g/mol. The van der Waals surface area contributed by atoms with Gasteiger partial charge in [0.1, 0.15) is 14.6 Å². The van der Waals surface area contributed by atoms with Crippen LogP contribution in [-0.2, 0) is 4.79 Å². The van der Waals surface area contributed by atoms with Gasteiger partial charge in [-0.3, -0.25) is 9.78 Å². The molecule has 0 N–H and O–H groups in total. The molecule has 19 heavy (non-hydrogen) atoms. The van der Waals surface area contributed by atoms with Crippen LogP contribution in [0.2, 0.25) is 0 Å². The lowest BCUT2D eigenvalue weighted by Gasteiger charge is -2.12. The minimum absolute atomic E-state index is 0.0791. The lowest BCUT2D eigenvalue weighted by atomic mass is 10.3. The maximum atomic E-state index is 11.8. The fraction of sp³-hybridized carbons (Fsp3) is 0.154. The van der Waals surface area contributed by atoms with Crippen LogP contribution in [0.1, 0.15) is 6.92 Å². The third kappa shape index (κ3) is 3.08. The van der Waals surface area contributed by atoms with Crippen molar-refractivity contribution in [3.05, 3.63) is 41.3 Å². The predicted molar refractivity (Wildman–Crippen MR) is 81.3 cm³/mol. The van der Waals surface area contributed by atoms with Crippen LogP contribution in [0.25, 0.3) is 10.6 Å². The summed E-state index contributed by atoms with van der Waals surface area (Å²) in [6.07, 6.45) is 6.71. The first-order valence-electron chi connectivity index (χ1n) is 5.60. The van der Waals surface area contributed by atoms with Gasteiger partial charge in [-0.2, -0.15) is 0 Å². The highest BCUT2D eigenvalue weighted by atomic mass is 79.9. The Bertz CT molecular complexity index is 610. The summed E-state index contributed by atoms with van der Waals surface area (Å²) in [6.45, 7) is 1.81. The number of allylic oxidation sites excluding steroid dienone is 1. The van der Waals surface area contributed by atoms with Crippen molar-refractivity contribution in [2.45, 2.75) is 6.92 Å². The van der Waals surface area contributed by atoms with Gasteiger partial charge in [0.2, 0.25) is 0 Å². The molecule has 2 heterocycles. The van der Waals surface area contributed by atoms with Gasteiger partial charge < -0.3 is 4.90 Å². The molecule has 0 spiro atoms. The molecule has 0 bridgehead atoms. The van der Waals surface area contributed by atoms with Crippen molar-refractivity contribution in [1.29, 1.82) is 0 Å². The average Bonchev–Trinajstić information content (AvgIpc) is 2.81. The van der Waals surface area contributed by atoms with Crippen LogP contribution in [0.4, 0.5) is 5.00 Å². The van der Waals surface area contributed by atoms with Crippen molar-refractivity contribution in [3.8, 4) is 10.6 Å². The van der Waals surface area contributed by atoms with E-state index in [0.29, 0.717) is 4.60 Å². The summed E-state index contributed by atoms with van der Waals surface area (Å²) in [5.74, 6) is -0.0791. The molecule has 2 aromatic heterocycles. The summed E-state index contributed by atoms with van der Waals surface area (Å²) in [7, 11) is 1.73. The number of thiazole rings is 1. The minimum Gasteiger partial charge on any atom is -0.301 e. The van der Waals surface area contributed by atoms with Gasteiger partial charge in [-0.15, -0.1) is 0 Å². The van der Waals surface area contributed by atoms with Gasteiger partial charge in [-0.05, 0) is 41.1 Å². The van der Waals surface area contributed by atoms with Crippen molar-refractivity contribution in [1.82, 2.24) is 9.97 Å². The largest absolute Gasteiger partial charge is 0.301 e. The summed E-state index contributed by atoms with van der Waals surface area (Å²) in [4.78, 5) is 21.9. The molecule has 0 aliphatic heterocycles. The molecule has 0 saturated heterocycles. The van der Waals surface area contributed by atoms with E-state index in [0.717, 1.165) is 15.6 Å². The van der Waals surface area contributed by atoms with Gasteiger partial charge in [0.25, 0.3) is 5.91 Å². The molecule has 98 valence electrons. The Morgan fingerprint density at radius 3 is 2.95 bits per heavy atom. The zero-order valence-electron chi connectivity index (χ0n) is 10.5. The molecule has 2 rings (SSSR count). The van der Waals surface area contributed by atoms with Crippen molar-refractivity contribution in [2.75, 3.05) is 11.9 Å². The van der Waals surface area contributed by atoms with E-state index in [4.69, 9.17) is 0 Å². The number of hydrogen-bond acceptors (Lipinski definition) is 4. The van der Waals surface area contributed by atoms with Crippen molar-refractivity contribution in [2.24, 2.45) is 0 Å². The molecular weight excluding hydrogens is 326 g/mol. The van der Waals surface area contributed by atoms with Crippen LogP contribution in [-0.4, -0.2) is 22.9 Å². The second kappa shape index (κ2) is 6.08. The Hall–Kier alpha value is -1.53. The van der Waals surface area contributed by atoms with E-state index < -0.39 is 0 Å². The maximum absolute atomic E-state index is 11.8. The van der Waals surface area contributed by atoms with Crippen LogP contribution in [0.15, 0.2) is 41.3 Å². The first kappa shape index (κ1) is 13.9. The van der Waals surface area contributed by atoms with E-state index in [-0.39, 0.29) is 5.91 Å². The lowest BCUT2D eigenvalue weighted by molar-refractivity contribution is -0.113. The molecule has 4 nitrogen and oxygen atoms in total. The molecule has 0 radical (unpaired) electrons. The van der Waals surface area contributed by atoms with Crippen LogP contribution in [0.5, 0.6) is 0 Å². The number of halogens is 1. The Labute approximate surface area is 123 Å².